The van der Waals surface area contributed by atoms with E-state index < -0.39 is 5.25 Å². The molecule has 0 saturated heterocycles. The largest absolute Gasteiger partial charge is 0.468 e. The molecule has 5 nitrogen and oxygen atoms in total. The molecule has 0 aliphatic heterocycles. The van der Waals surface area contributed by atoms with E-state index in [1.807, 2.05) is 23.6 Å². The Morgan fingerprint density at radius 1 is 1.17 bits per heavy atom. The molecule has 1 N–H and O–H groups in total. The minimum Gasteiger partial charge on any atom is -0.468 e. The molecular weight excluding hydrogens is 404 g/mol. The highest BCUT2D eigenvalue weighted by Gasteiger charge is 2.19. The van der Waals surface area contributed by atoms with Gasteiger partial charge in [-0.3, -0.25) is 14.9 Å². The Balaban J connectivity index is 1.78. The van der Waals surface area contributed by atoms with E-state index in [4.69, 9.17) is 4.74 Å². The number of nitrogens with zero attached hydrogens (tertiary/aromatic N) is 1. The maximum atomic E-state index is 12.8. The van der Waals surface area contributed by atoms with Crippen LogP contribution in [0.1, 0.15) is 28.4 Å². The number of methoxy groups -OCH3 is 1. The van der Waals surface area contributed by atoms with Crippen molar-refractivity contribution in [2.24, 2.45) is 0 Å². The minimum absolute atomic E-state index is 0.258. The predicted octanol–water partition coefficient (Wildman–Crippen LogP) is 5.33. The van der Waals surface area contributed by atoms with Gasteiger partial charge in [-0.05, 0) is 38.5 Å². The van der Waals surface area contributed by atoms with E-state index in [-0.39, 0.29) is 11.9 Å². The smallest absolute Gasteiger partial charge is 0.318 e. The number of hydrogen-bond donors (Lipinski definition) is 1. The number of aromatic nitrogens is 1. The van der Waals surface area contributed by atoms with E-state index in [9.17, 15) is 9.59 Å². The van der Waals surface area contributed by atoms with E-state index in [1.54, 1.807) is 19.1 Å². The number of benzene rings is 2. The number of thioether (sulfide) groups is 1. The molecule has 1 unspecified atom stereocenters. The quantitative estimate of drug-likeness (QED) is 0.426. The van der Waals surface area contributed by atoms with Crippen molar-refractivity contribution < 1.29 is 14.3 Å². The van der Waals surface area contributed by atoms with Crippen molar-refractivity contribution in [1.82, 2.24) is 4.98 Å². The van der Waals surface area contributed by atoms with Crippen LogP contribution in [-0.2, 0) is 9.53 Å². The van der Waals surface area contributed by atoms with Gasteiger partial charge in [-0.1, -0.05) is 35.9 Å². The fraction of sp³-hybridized carbons (Fsp3) is 0.227. The van der Waals surface area contributed by atoms with Gasteiger partial charge in [0.15, 0.2) is 5.13 Å². The van der Waals surface area contributed by atoms with Crippen molar-refractivity contribution in [3.63, 3.8) is 0 Å². The van der Waals surface area contributed by atoms with E-state index in [2.05, 4.69) is 36.3 Å². The molecule has 1 heterocycles. The van der Waals surface area contributed by atoms with Crippen molar-refractivity contribution in [3.05, 3.63) is 64.5 Å². The van der Waals surface area contributed by atoms with Gasteiger partial charge >= 0.3 is 5.97 Å². The lowest BCUT2D eigenvalue weighted by Crippen LogP contribution is -2.17. The number of nitrogens with one attached hydrogen (secondary N) is 1. The van der Waals surface area contributed by atoms with Crippen LogP contribution >= 0.6 is 23.1 Å². The summed E-state index contributed by atoms with van der Waals surface area (Å²) in [6.45, 7) is 5.86. The highest BCUT2D eigenvalue weighted by Crippen LogP contribution is 2.30. The summed E-state index contributed by atoms with van der Waals surface area (Å²) in [5.41, 5.74) is 4.73. The van der Waals surface area contributed by atoms with Crippen LogP contribution in [0.4, 0.5) is 5.13 Å². The molecule has 150 valence electrons. The monoisotopic (exact) mass is 426 g/mol. The van der Waals surface area contributed by atoms with Gasteiger partial charge in [0, 0.05) is 15.8 Å². The minimum atomic E-state index is -0.412. The molecule has 1 atom stereocenters. The molecule has 0 aliphatic carbocycles. The van der Waals surface area contributed by atoms with Crippen molar-refractivity contribution in [2.45, 2.75) is 30.9 Å². The summed E-state index contributed by atoms with van der Waals surface area (Å²) < 4.78 is 4.77. The lowest BCUT2D eigenvalue weighted by molar-refractivity contribution is -0.139. The number of rotatable bonds is 6. The maximum Gasteiger partial charge on any atom is 0.318 e. The Hall–Kier alpha value is -2.64. The highest BCUT2D eigenvalue weighted by atomic mass is 32.2. The Bertz CT molecular complexity index is 1050. The van der Waals surface area contributed by atoms with Gasteiger partial charge in [-0.2, -0.15) is 0 Å². The Labute approximate surface area is 178 Å². The van der Waals surface area contributed by atoms with Crippen molar-refractivity contribution in [3.8, 4) is 11.3 Å². The first-order valence-corrected chi connectivity index (χ1v) is 10.8. The molecule has 0 radical (unpaired) electrons. The van der Waals surface area contributed by atoms with E-state index in [0.29, 0.717) is 15.6 Å². The highest BCUT2D eigenvalue weighted by molar-refractivity contribution is 8.00. The third-order valence-electron chi connectivity index (χ3n) is 4.35. The molecule has 0 saturated carbocycles. The van der Waals surface area contributed by atoms with Gasteiger partial charge in [0.05, 0.1) is 18.4 Å². The summed E-state index contributed by atoms with van der Waals surface area (Å²) in [5.74, 6) is -0.588. The second-order valence-corrected chi connectivity index (χ2v) is 8.83. The summed E-state index contributed by atoms with van der Waals surface area (Å²) in [5, 5.41) is 4.93. The lowest BCUT2D eigenvalue weighted by Gasteiger charge is -2.12. The molecule has 7 heteroatoms. The molecule has 0 fully saturated rings. The molecule has 3 aromatic rings. The first kappa shape index (κ1) is 21.1. The average Bonchev–Trinajstić information content (AvgIpc) is 3.15. The SMILES string of the molecule is COC(=O)C(C)Sc1ccccc1C(=O)Nc1nc(-c2ccc(C)cc2C)cs1. The normalized spacial score (nSPS) is 11.7. The van der Waals surface area contributed by atoms with Gasteiger partial charge in [0.1, 0.15) is 5.25 Å². The van der Waals surface area contributed by atoms with Crippen LogP contribution in [0.15, 0.2) is 52.7 Å². The first-order chi connectivity index (χ1) is 13.9. The number of aryl methyl sites for hydroxylation is 2. The van der Waals surface area contributed by atoms with Crippen LogP contribution in [0.5, 0.6) is 0 Å². The van der Waals surface area contributed by atoms with Gasteiger partial charge < -0.3 is 4.74 Å². The van der Waals surface area contributed by atoms with Crippen LogP contribution in [0.25, 0.3) is 11.3 Å². The number of anilines is 1. The van der Waals surface area contributed by atoms with E-state index in [1.165, 1.54) is 35.8 Å². The molecule has 1 aromatic heterocycles. The van der Waals surface area contributed by atoms with E-state index >= 15 is 0 Å². The van der Waals surface area contributed by atoms with Crippen LogP contribution in [0, 0.1) is 13.8 Å². The number of ether oxygens (including phenoxy) is 1. The summed E-state index contributed by atoms with van der Waals surface area (Å²) in [4.78, 5) is 29.9. The average molecular weight is 427 g/mol. The zero-order valence-corrected chi connectivity index (χ0v) is 18.3. The number of esters is 1. The molecular formula is C22H22N2O3S2. The first-order valence-electron chi connectivity index (χ1n) is 9.07. The van der Waals surface area contributed by atoms with Crippen molar-refractivity contribution >= 4 is 40.1 Å². The Morgan fingerprint density at radius 3 is 2.66 bits per heavy atom. The molecule has 29 heavy (non-hydrogen) atoms. The number of thiazole rings is 1. The Morgan fingerprint density at radius 2 is 1.93 bits per heavy atom. The van der Waals surface area contributed by atoms with Crippen LogP contribution in [0.3, 0.4) is 0 Å². The molecule has 0 spiro atoms. The zero-order valence-electron chi connectivity index (χ0n) is 16.7. The maximum absolute atomic E-state index is 12.8. The molecule has 0 aliphatic rings. The number of carbonyl (C=O) groups is 2. The predicted molar refractivity (Wildman–Crippen MR) is 119 cm³/mol. The number of hydrogen-bond acceptors (Lipinski definition) is 6. The third-order valence-corrected chi connectivity index (χ3v) is 6.26. The summed E-state index contributed by atoms with van der Waals surface area (Å²) >= 11 is 2.68. The fourth-order valence-electron chi connectivity index (χ4n) is 2.88. The molecule has 1 amide bonds. The third kappa shape index (κ3) is 5.05. The van der Waals surface area contributed by atoms with Crippen LogP contribution in [0.2, 0.25) is 0 Å². The Kier molecular flexibility index (Phi) is 6.71. The molecule has 0 bridgehead atoms. The van der Waals surface area contributed by atoms with Gasteiger partial charge in [0.25, 0.3) is 5.91 Å². The molecule has 2 aromatic carbocycles. The topological polar surface area (TPSA) is 68.3 Å². The van der Waals surface area contributed by atoms with Gasteiger partial charge in [-0.25, -0.2) is 4.98 Å². The van der Waals surface area contributed by atoms with E-state index in [0.717, 1.165) is 16.8 Å². The molecule has 3 rings (SSSR count). The number of carbonyl (C=O) groups excluding carboxylic acids is 2. The second kappa shape index (κ2) is 9.24. The lowest BCUT2D eigenvalue weighted by atomic mass is 10.0. The van der Waals surface area contributed by atoms with Crippen LogP contribution < -0.4 is 5.32 Å². The van der Waals surface area contributed by atoms with Crippen molar-refractivity contribution in [1.29, 1.82) is 0 Å². The van der Waals surface area contributed by atoms with Gasteiger partial charge in [-0.15, -0.1) is 23.1 Å². The van der Waals surface area contributed by atoms with Crippen molar-refractivity contribution in [2.75, 3.05) is 12.4 Å². The number of amides is 1. The summed E-state index contributed by atoms with van der Waals surface area (Å²) in [6, 6.07) is 13.4. The fourth-order valence-corrected chi connectivity index (χ4v) is 4.61. The van der Waals surface area contributed by atoms with Crippen LogP contribution in [-0.4, -0.2) is 29.2 Å². The summed E-state index contributed by atoms with van der Waals surface area (Å²) in [7, 11) is 1.35. The second-order valence-electron chi connectivity index (χ2n) is 6.59. The zero-order chi connectivity index (χ0) is 21.0. The standard InChI is InChI=1S/C22H22N2O3S2/c1-13-9-10-16(14(2)11-13)18-12-28-22(23-18)24-20(25)17-7-5-6-8-19(17)29-15(3)21(26)27-4/h5-12,15H,1-4H3,(H,23,24,25). The van der Waals surface area contributed by atoms with Gasteiger partial charge in [0.2, 0.25) is 0 Å². The summed E-state index contributed by atoms with van der Waals surface area (Å²) in [6.07, 6.45) is 0.